The largest absolute Gasteiger partial charge is 0.505 e. The summed E-state index contributed by atoms with van der Waals surface area (Å²) in [6.45, 7) is 1.38. The lowest BCUT2D eigenvalue weighted by Gasteiger charge is -2.50. The van der Waals surface area contributed by atoms with E-state index in [0.29, 0.717) is 28.4 Å². The number of amides is 4. The van der Waals surface area contributed by atoms with Crippen LogP contribution in [0.5, 0.6) is 5.75 Å². The fraction of sp³-hybridized carbons (Fsp3) is 0.250. The number of carbonyl (C=O) groups is 5. The van der Waals surface area contributed by atoms with E-state index in [1.807, 2.05) is 0 Å². The molecule has 8 rings (SSSR count). The molecule has 2 N–H and O–H groups in total. The molecule has 2 aliphatic heterocycles. The van der Waals surface area contributed by atoms with E-state index in [4.69, 9.17) is 23.2 Å². The number of phenolic OH excluding ortho intramolecular Hbond substituents is 1. The molecule has 3 aromatic carbocycles. The number of carbonyl (C=O) groups excluding carboxylic acids is 5. The molecular formula is C40H28Cl2F4N4O6. The lowest BCUT2D eigenvalue weighted by atomic mass is 9.49. The molecule has 0 unspecified atom stereocenters. The number of allylic oxidation sites excluding steroid dienone is 2. The minimum atomic E-state index is -4.79. The van der Waals surface area contributed by atoms with E-state index in [9.17, 15) is 37.5 Å². The van der Waals surface area contributed by atoms with E-state index >= 15 is 9.18 Å². The number of aromatic nitrogens is 1. The number of para-hydroxylation sites is 1. The first kappa shape index (κ1) is 37.3. The van der Waals surface area contributed by atoms with Crippen molar-refractivity contribution in [1.82, 2.24) is 9.99 Å². The van der Waals surface area contributed by atoms with Crippen LogP contribution in [0.1, 0.15) is 52.7 Å². The quantitative estimate of drug-likeness (QED) is 0.0879. The van der Waals surface area contributed by atoms with Crippen LogP contribution >= 0.6 is 23.2 Å². The van der Waals surface area contributed by atoms with Crippen LogP contribution in [0, 0.1) is 29.5 Å². The van der Waals surface area contributed by atoms with Crippen molar-refractivity contribution in [1.29, 1.82) is 0 Å². The highest BCUT2D eigenvalue weighted by molar-refractivity contribution is 6.33. The van der Waals surface area contributed by atoms with Gasteiger partial charge in [-0.3, -0.25) is 34.3 Å². The second kappa shape index (κ2) is 13.3. The Bertz CT molecular complexity index is 2410. The molecule has 286 valence electrons. The maximum atomic E-state index is 15.3. The number of hydrogen-bond acceptors (Lipinski definition) is 8. The number of phenols is 1. The summed E-state index contributed by atoms with van der Waals surface area (Å²) in [6.07, 6.45) is -2.78. The Morgan fingerprint density at radius 3 is 2.29 bits per heavy atom. The third-order valence-corrected chi connectivity index (χ3v) is 12.0. The number of pyridine rings is 1. The normalized spacial score (nSPS) is 25.8. The number of rotatable bonds is 6. The molecule has 3 fully saturated rings. The van der Waals surface area contributed by atoms with Crippen LogP contribution < -0.4 is 10.3 Å². The molecule has 1 aromatic heterocycles. The van der Waals surface area contributed by atoms with Gasteiger partial charge in [0.25, 0.3) is 11.8 Å². The van der Waals surface area contributed by atoms with Crippen molar-refractivity contribution in [3.8, 4) is 5.75 Å². The van der Waals surface area contributed by atoms with Gasteiger partial charge in [0, 0.05) is 28.3 Å². The fourth-order valence-corrected chi connectivity index (χ4v) is 9.33. The van der Waals surface area contributed by atoms with Gasteiger partial charge in [0.05, 0.1) is 39.4 Å². The average molecular weight is 808 g/mol. The van der Waals surface area contributed by atoms with Crippen LogP contribution in [0.3, 0.4) is 0 Å². The number of halogens is 6. The van der Waals surface area contributed by atoms with E-state index in [1.165, 1.54) is 67.6 Å². The summed E-state index contributed by atoms with van der Waals surface area (Å²) < 4.78 is 55.7. The smallest absolute Gasteiger partial charge is 0.417 e. The van der Waals surface area contributed by atoms with Crippen LogP contribution in [-0.4, -0.2) is 44.5 Å². The van der Waals surface area contributed by atoms with Crippen LogP contribution in [0.15, 0.2) is 90.6 Å². The zero-order valence-corrected chi connectivity index (χ0v) is 30.5. The van der Waals surface area contributed by atoms with Crippen molar-refractivity contribution in [3.05, 3.63) is 129 Å². The molecule has 16 heteroatoms. The van der Waals surface area contributed by atoms with Crippen molar-refractivity contribution in [2.75, 3.05) is 10.3 Å². The minimum Gasteiger partial charge on any atom is -0.505 e. The number of ketones is 1. The Morgan fingerprint density at radius 2 is 1.64 bits per heavy atom. The van der Waals surface area contributed by atoms with Crippen LogP contribution in [-0.2, 0) is 30.8 Å². The third-order valence-electron chi connectivity index (χ3n) is 11.4. The maximum Gasteiger partial charge on any atom is 0.417 e. The number of nitrogens with zero attached hydrogens (tertiary/aromatic N) is 3. The summed E-state index contributed by atoms with van der Waals surface area (Å²) in [5.74, 6) is -10.9. The number of alkyl halides is 3. The van der Waals surface area contributed by atoms with Crippen molar-refractivity contribution >= 4 is 64.1 Å². The first-order valence-corrected chi connectivity index (χ1v) is 18.1. The van der Waals surface area contributed by atoms with Gasteiger partial charge in [-0.15, -0.1) is 0 Å². The lowest BCUT2D eigenvalue weighted by molar-refractivity contribution is -0.139. The second-order valence-electron chi connectivity index (χ2n) is 14.2. The van der Waals surface area contributed by atoms with Crippen molar-refractivity contribution in [2.24, 2.45) is 23.7 Å². The van der Waals surface area contributed by atoms with E-state index < -0.39 is 92.8 Å². The molecule has 0 radical (unpaired) electrons. The highest BCUT2D eigenvalue weighted by Gasteiger charge is 2.71. The molecule has 56 heavy (non-hydrogen) atoms. The van der Waals surface area contributed by atoms with E-state index in [1.54, 1.807) is 6.08 Å². The lowest BCUT2D eigenvalue weighted by Crippen LogP contribution is -2.53. The van der Waals surface area contributed by atoms with Gasteiger partial charge in [0.15, 0.2) is 23.2 Å². The van der Waals surface area contributed by atoms with Gasteiger partial charge in [0.1, 0.15) is 0 Å². The number of hydrazine groups is 1. The molecule has 4 aromatic rings. The number of nitrogens with one attached hydrogen (secondary N) is 1. The fourth-order valence-electron chi connectivity index (χ4n) is 8.99. The molecule has 4 amide bonds. The highest BCUT2D eigenvalue weighted by atomic mass is 35.5. The van der Waals surface area contributed by atoms with Crippen LogP contribution in [0.4, 0.5) is 29.1 Å². The van der Waals surface area contributed by atoms with Gasteiger partial charge in [-0.05, 0) is 79.8 Å². The predicted molar refractivity (Wildman–Crippen MR) is 194 cm³/mol. The third kappa shape index (κ3) is 5.52. The Balaban J connectivity index is 1.30. The number of aromatic hydroxyl groups is 1. The summed E-state index contributed by atoms with van der Waals surface area (Å²) in [7, 11) is 0. The number of Topliss-reactive ketones (excluding diaryl/α,β-unsaturated/α-hetero) is 1. The Morgan fingerprint density at radius 1 is 0.946 bits per heavy atom. The van der Waals surface area contributed by atoms with Gasteiger partial charge in [-0.2, -0.15) is 18.2 Å². The molecule has 10 nitrogen and oxygen atoms in total. The molecular weight excluding hydrogens is 779 g/mol. The van der Waals surface area contributed by atoms with Crippen molar-refractivity contribution < 1.29 is 46.6 Å². The highest BCUT2D eigenvalue weighted by Crippen LogP contribution is 2.65. The van der Waals surface area contributed by atoms with E-state index in [2.05, 4.69) is 10.4 Å². The van der Waals surface area contributed by atoms with Gasteiger partial charge in [0.2, 0.25) is 11.8 Å². The van der Waals surface area contributed by atoms with Crippen molar-refractivity contribution in [2.45, 2.75) is 37.3 Å². The SMILES string of the molecule is CC(=O)c1ccc(N2C(=O)[C@H]3[C@H](CC=C4[C@H]3C[C@H]3C(=O)N(Nc5ncc(C(F)(F)F)cc5Cl)C(=O)[C@@]3(c3ccc(Cl)cc3)[C@H]4c3cccc(F)c3O)C2=O)cc1. The first-order valence-electron chi connectivity index (χ1n) is 17.4. The Labute approximate surface area is 325 Å². The van der Waals surface area contributed by atoms with Gasteiger partial charge in [-0.25, -0.2) is 9.37 Å². The summed E-state index contributed by atoms with van der Waals surface area (Å²) >= 11 is 12.5. The molecule has 4 aliphatic rings. The van der Waals surface area contributed by atoms with E-state index in [-0.39, 0.29) is 40.5 Å². The maximum absolute atomic E-state index is 15.3. The molecule has 2 aliphatic carbocycles. The molecule has 0 bridgehead atoms. The standard InChI is InChI=1S/C40H28Cl2F4N4O6/c1-18(51)19-5-11-23(12-6-19)49-35(53)25-14-13-24-27(31(25)37(49)55)16-28-36(54)50(48-34-29(42)15-21(17-47-34)40(44,45)46)38(56)39(28,20-7-9-22(41)10-8-20)32(24)26-3-2-4-30(43)33(26)52/h2-13,15,17,25,27-28,31-32,52H,14,16H2,1H3,(H,47,48)/t25-,27+,28-,31-,32+,39+/m0/s1. The number of imide groups is 2. The Kier molecular flexibility index (Phi) is 8.84. The number of fused-ring (bicyclic) bond motifs is 4. The number of benzene rings is 3. The molecule has 2 saturated heterocycles. The zero-order valence-electron chi connectivity index (χ0n) is 29.0. The average Bonchev–Trinajstić information content (AvgIpc) is 3.54. The first-order chi connectivity index (χ1) is 26.5. The second-order valence-corrected chi connectivity index (χ2v) is 15.1. The van der Waals surface area contributed by atoms with Gasteiger partial charge in [-0.1, -0.05) is 59.1 Å². The van der Waals surface area contributed by atoms with Gasteiger partial charge < -0.3 is 5.11 Å². The van der Waals surface area contributed by atoms with Crippen molar-refractivity contribution in [3.63, 3.8) is 0 Å². The summed E-state index contributed by atoms with van der Waals surface area (Å²) in [5, 5.41) is 11.7. The molecule has 6 atom stereocenters. The number of anilines is 2. The van der Waals surface area contributed by atoms with Crippen LogP contribution in [0.25, 0.3) is 0 Å². The van der Waals surface area contributed by atoms with Crippen LogP contribution in [0.2, 0.25) is 10.0 Å². The van der Waals surface area contributed by atoms with E-state index in [0.717, 1.165) is 11.0 Å². The predicted octanol–water partition coefficient (Wildman–Crippen LogP) is 7.64. The van der Waals surface area contributed by atoms with Gasteiger partial charge >= 0.3 is 6.18 Å². The topological polar surface area (TPSA) is 137 Å². The Hall–Kier alpha value is -5.60. The summed E-state index contributed by atoms with van der Waals surface area (Å²) in [5.41, 5.74) is 0.530. The minimum absolute atomic E-state index is 0.0201. The summed E-state index contributed by atoms with van der Waals surface area (Å²) in [4.78, 5) is 75.2. The monoisotopic (exact) mass is 806 g/mol. The molecule has 0 spiro atoms. The molecule has 1 saturated carbocycles. The molecule has 3 heterocycles. The summed E-state index contributed by atoms with van der Waals surface area (Å²) in [6, 6.07) is 16.3. The number of hydrogen-bond donors (Lipinski definition) is 2. The zero-order chi connectivity index (χ0) is 40.0.